The number of rotatable bonds is 3. The summed E-state index contributed by atoms with van der Waals surface area (Å²) in [4.78, 5) is 37.3. The molecule has 1 fully saturated rings. The van der Waals surface area contributed by atoms with Crippen LogP contribution in [-0.4, -0.2) is 23.3 Å². The van der Waals surface area contributed by atoms with Crippen molar-refractivity contribution in [2.24, 2.45) is 5.92 Å². The lowest BCUT2D eigenvalue weighted by atomic mass is 9.98. The van der Waals surface area contributed by atoms with Gasteiger partial charge in [0.05, 0.1) is 12.0 Å². The van der Waals surface area contributed by atoms with Crippen LogP contribution in [0.1, 0.15) is 46.3 Å². The third kappa shape index (κ3) is 2.32. The third-order valence-electron chi connectivity index (χ3n) is 3.70. The Bertz CT molecular complexity index is 645. The predicted molar refractivity (Wildman–Crippen MR) is 74.8 cm³/mol. The van der Waals surface area contributed by atoms with E-state index >= 15 is 0 Å². The molecule has 0 N–H and O–H groups in total. The van der Waals surface area contributed by atoms with Gasteiger partial charge in [0.2, 0.25) is 5.91 Å². The Morgan fingerprint density at radius 2 is 2.10 bits per heavy atom. The molecule has 3 rings (SSSR count). The Morgan fingerprint density at radius 1 is 1.40 bits per heavy atom. The van der Waals surface area contributed by atoms with Crippen molar-refractivity contribution in [3.8, 4) is 0 Å². The second-order valence-electron chi connectivity index (χ2n) is 5.36. The SMILES string of the molecule is CC(Br)c1cc(=O)oc2c1C(=O)N(CC1CC1)C(=O)C2. The van der Waals surface area contributed by atoms with Crippen molar-refractivity contribution < 1.29 is 14.0 Å². The van der Waals surface area contributed by atoms with E-state index in [9.17, 15) is 14.4 Å². The molecule has 0 bridgehead atoms. The zero-order valence-corrected chi connectivity index (χ0v) is 12.6. The van der Waals surface area contributed by atoms with E-state index in [2.05, 4.69) is 15.9 Å². The van der Waals surface area contributed by atoms with Crippen LogP contribution in [-0.2, 0) is 11.2 Å². The number of hydrogen-bond donors (Lipinski definition) is 0. The number of imide groups is 1. The second-order valence-corrected chi connectivity index (χ2v) is 6.74. The minimum atomic E-state index is -0.527. The first-order valence-corrected chi connectivity index (χ1v) is 7.54. The summed E-state index contributed by atoms with van der Waals surface area (Å²) in [6.07, 6.45) is 2.11. The second kappa shape index (κ2) is 4.84. The average molecular weight is 340 g/mol. The molecule has 0 aromatic carbocycles. The molecule has 1 saturated carbocycles. The molecule has 20 heavy (non-hydrogen) atoms. The van der Waals surface area contributed by atoms with Crippen molar-refractivity contribution in [3.05, 3.63) is 33.4 Å². The first-order chi connectivity index (χ1) is 9.47. The largest absolute Gasteiger partial charge is 0.426 e. The minimum Gasteiger partial charge on any atom is -0.426 e. The maximum Gasteiger partial charge on any atom is 0.336 e. The van der Waals surface area contributed by atoms with Gasteiger partial charge in [-0.3, -0.25) is 14.5 Å². The molecule has 1 aromatic rings. The van der Waals surface area contributed by atoms with Crippen LogP contribution in [0.4, 0.5) is 0 Å². The highest BCUT2D eigenvalue weighted by molar-refractivity contribution is 9.09. The molecule has 1 aromatic heterocycles. The average Bonchev–Trinajstić information content (AvgIpc) is 3.16. The number of fused-ring (bicyclic) bond motifs is 1. The highest BCUT2D eigenvalue weighted by Crippen LogP contribution is 2.34. The fraction of sp³-hybridized carbons (Fsp3) is 0.500. The molecule has 1 unspecified atom stereocenters. The fourth-order valence-corrected chi connectivity index (χ4v) is 2.83. The Morgan fingerprint density at radius 3 is 2.70 bits per heavy atom. The quantitative estimate of drug-likeness (QED) is 0.624. The summed E-state index contributed by atoms with van der Waals surface area (Å²) in [7, 11) is 0. The topological polar surface area (TPSA) is 67.6 Å². The van der Waals surface area contributed by atoms with Gasteiger partial charge in [0, 0.05) is 17.4 Å². The van der Waals surface area contributed by atoms with Gasteiger partial charge in [0.25, 0.3) is 5.91 Å². The fourth-order valence-electron chi connectivity index (χ4n) is 2.47. The van der Waals surface area contributed by atoms with Gasteiger partial charge in [-0.15, -0.1) is 0 Å². The number of alkyl halides is 1. The van der Waals surface area contributed by atoms with Crippen molar-refractivity contribution in [3.63, 3.8) is 0 Å². The molecule has 106 valence electrons. The Balaban J connectivity index is 2.07. The van der Waals surface area contributed by atoms with Gasteiger partial charge in [-0.1, -0.05) is 15.9 Å². The number of carbonyl (C=O) groups is 2. The van der Waals surface area contributed by atoms with E-state index in [4.69, 9.17) is 4.42 Å². The lowest BCUT2D eigenvalue weighted by Crippen LogP contribution is -2.44. The molecule has 0 saturated heterocycles. The van der Waals surface area contributed by atoms with Crippen LogP contribution in [0.15, 0.2) is 15.3 Å². The molecular formula is C14H14BrNO4. The minimum absolute atomic E-state index is 0.0173. The van der Waals surface area contributed by atoms with Gasteiger partial charge in [0.15, 0.2) is 0 Å². The summed E-state index contributed by atoms with van der Waals surface area (Å²) in [5.74, 6) is 0.0102. The Hall–Kier alpha value is -1.43. The van der Waals surface area contributed by atoms with Crippen LogP contribution in [0, 0.1) is 5.92 Å². The lowest BCUT2D eigenvalue weighted by molar-refractivity contribution is -0.129. The van der Waals surface area contributed by atoms with Gasteiger partial charge in [-0.25, -0.2) is 4.79 Å². The number of amides is 2. The highest BCUT2D eigenvalue weighted by atomic mass is 79.9. The van der Waals surface area contributed by atoms with Crippen molar-refractivity contribution >= 4 is 27.7 Å². The first-order valence-electron chi connectivity index (χ1n) is 6.63. The highest BCUT2D eigenvalue weighted by Gasteiger charge is 2.38. The van der Waals surface area contributed by atoms with Crippen LogP contribution < -0.4 is 5.63 Å². The van der Waals surface area contributed by atoms with Crippen molar-refractivity contribution in [1.29, 1.82) is 0 Å². The molecule has 2 aliphatic rings. The van der Waals surface area contributed by atoms with Gasteiger partial charge in [-0.05, 0) is 31.2 Å². The number of hydrogen-bond acceptors (Lipinski definition) is 4. The summed E-state index contributed by atoms with van der Waals surface area (Å²) < 4.78 is 5.06. The van der Waals surface area contributed by atoms with Crippen molar-refractivity contribution in [1.82, 2.24) is 4.90 Å². The van der Waals surface area contributed by atoms with Crippen LogP contribution in [0.5, 0.6) is 0 Å². The predicted octanol–water partition coefficient (Wildman–Crippen LogP) is 2.03. The van der Waals surface area contributed by atoms with Gasteiger partial charge in [-0.2, -0.15) is 0 Å². The lowest BCUT2D eigenvalue weighted by Gasteiger charge is -2.27. The molecule has 1 aliphatic carbocycles. The molecule has 1 atom stereocenters. The summed E-state index contributed by atoms with van der Waals surface area (Å²) in [5, 5.41) is 0. The molecule has 0 radical (unpaired) electrons. The van der Waals surface area contributed by atoms with E-state index in [0.29, 0.717) is 23.6 Å². The van der Waals surface area contributed by atoms with E-state index in [1.165, 1.54) is 11.0 Å². The summed E-state index contributed by atoms with van der Waals surface area (Å²) in [6, 6.07) is 1.32. The third-order valence-corrected chi connectivity index (χ3v) is 4.20. The summed E-state index contributed by atoms with van der Waals surface area (Å²) in [6.45, 7) is 2.32. The van der Waals surface area contributed by atoms with Crippen molar-refractivity contribution in [2.75, 3.05) is 6.54 Å². The van der Waals surface area contributed by atoms with Gasteiger partial charge >= 0.3 is 5.63 Å². The maximum absolute atomic E-state index is 12.5. The van der Waals surface area contributed by atoms with E-state index in [1.54, 1.807) is 0 Å². The maximum atomic E-state index is 12.5. The molecule has 6 heteroatoms. The summed E-state index contributed by atoms with van der Waals surface area (Å²) in [5.41, 5.74) is 0.435. The van der Waals surface area contributed by atoms with Crippen LogP contribution in [0.25, 0.3) is 0 Å². The molecule has 2 heterocycles. The standard InChI is InChI=1S/C14H14BrNO4/c1-7(15)9-4-12(18)20-10-5-11(17)16(6-8-2-3-8)14(19)13(9)10/h4,7-8H,2-3,5-6H2,1H3. The van der Waals surface area contributed by atoms with Crippen molar-refractivity contribution in [2.45, 2.75) is 31.0 Å². The zero-order valence-electron chi connectivity index (χ0n) is 11.0. The summed E-state index contributed by atoms with van der Waals surface area (Å²) >= 11 is 3.39. The molecular weight excluding hydrogens is 326 g/mol. The monoisotopic (exact) mass is 339 g/mol. The molecule has 2 amide bonds. The molecule has 0 spiro atoms. The van der Waals surface area contributed by atoms with Gasteiger partial charge in [0.1, 0.15) is 5.76 Å². The van der Waals surface area contributed by atoms with E-state index in [-0.39, 0.29) is 28.8 Å². The van der Waals surface area contributed by atoms with Gasteiger partial charge < -0.3 is 4.42 Å². The van der Waals surface area contributed by atoms with Crippen LogP contribution >= 0.6 is 15.9 Å². The molecule has 1 aliphatic heterocycles. The smallest absolute Gasteiger partial charge is 0.336 e. The number of carbonyl (C=O) groups excluding carboxylic acids is 2. The van der Waals surface area contributed by atoms with E-state index < -0.39 is 5.63 Å². The van der Waals surface area contributed by atoms with E-state index in [0.717, 1.165) is 12.8 Å². The number of nitrogens with zero attached hydrogens (tertiary/aromatic N) is 1. The zero-order chi connectivity index (χ0) is 14.4. The first kappa shape index (κ1) is 13.5. The Labute approximate surface area is 124 Å². The van der Waals surface area contributed by atoms with Crippen LogP contribution in [0.2, 0.25) is 0 Å². The Kier molecular flexibility index (Phi) is 3.28. The van der Waals surface area contributed by atoms with E-state index in [1.807, 2.05) is 6.92 Å². The van der Waals surface area contributed by atoms with Crippen LogP contribution in [0.3, 0.4) is 0 Å². The normalized spacial score (nSPS) is 20.0. The number of halogens is 1. The molecule has 5 nitrogen and oxygen atoms in total.